The molecule has 0 saturated carbocycles. The minimum absolute atomic E-state index is 0.222. The highest BCUT2D eigenvalue weighted by Gasteiger charge is 2.37. The van der Waals surface area contributed by atoms with Crippen LogP contribution in [0.1, 0.15) is 87.3 Å². The molecule has 0 amide bonds. The van der Waals surface area contributed by atoms with Crippen LogP contribution in [0, 0.1) is 0 Å². The maximum atomic E-state index is 6.55. The van der Waals surface area contributed by atoms with Crippen LogP contribution in [0.25, 0.3) is 0 Å². The molecular formula is C24H32OS. The van der Waals surface area contributed by atoms with Gasteiger partial charge in [0, 0.05) is 5.56 Å². The third kappa shape index (κ3) is 4.11. The molecule has 2 atom stereocenters. The molecule has 140 valence electrons. The summed E-state index contributed by atoms with van der Waals surface area (Å²) in [5, 5.41) is 0.333. The summed E-state index contributed by atoms with van der Waals surface area (Å²) in [5.41, 5.74) is 5.60. The number of ether oxygens (including phenoxy) is 1. The molecule has 2 unspecified atom stereocenters. The lowest BCUT2D eigenvalue weighted by Crippen LogP contribution is -2.31. The Labute approximate surface area is 163 Å². The van der Waals surface area contributed by atoms with Crippen molar-refractivity contribution in [2.75, 3.05) is 0 Å². The first-order chi connectivity index (χ1) is 12.4. The molecule has 3 rings (SSSR count). The maximum absolute atomic E-state index is 6.55. The highest BCUT2D eigenvalue weighted by atomic mass is 32.2. The van der Waals surface area contributed by atoms with Gasteiger partial charge in [0.2, 0.25) is 0 Å². The second-order valence-corrected chi connectivity index (χ2v) is 9.62. The molecule has 0 bridgehead atoms. The van der Waals surface area contributed by atoms with Crippen LogP contribution in [0.15, 0.2) is 42.5 Å². The standard InChI is InChI=1S/C24H32OS/c1-6-8-12-18-15-20(17(3)7-2)22-21(16-18)23(26-24(4,5)25-22)19-13-10-9-11-14-19/h9-11,13-17,23H,6-8,12H2,1-5H3. The van der Waals surface area contributed by atoms with Crippen LogP contribution >= 0.6 is 11.8 Å². The predicted molar refractivity (Wildman–Crippen MR) is 114 cm³/mol. The summed E-state index contributed by atoms with van der Waals surface area (Å²) in [4.78, 5) is -0.222. The Balaban J connectivity index is 2.16. The Bertz CT molecular complexity index is 735. The first kappa shape index (κ1) is 19.4. The van der Waals surface area contributed by atoms with Crippen molar-refractivity contribution in [3.05, 3.63) is 64.7 Å². The zero-order valence-electron chi connectivity index (χ0n) is 16.8. The van der Waals surface area contributed by atoms with Crippen molar-refractivity contribution in [2.24, 2.45) is 0 Å². The Hall–Kier alpha value is -1.41. The van der Waals surface area contributed by atoms with Crippen LogP contribution in [0.2, 0.25) is 0 Å². The van der Waals surface area contributed by atoms with E-state index in [1.54, 1.807) is 0 Å². The molecule has 0 fully saturated rings. The lowest BCUT2D eigenvalue weighted by molar-refractivity contribution is 0.196. The zero-order valence-corrected chi connectivity index (χ0v) is 17.7. The number of unbranched alkanes of at least 4 members (excludes halogenated alkanes) is 1. The summed E-state index contributed by atoms with van der Waals surface area (Å²) < 4.78 is 6.55. The van der Waals surface area contributed by atoms with E-state index in [9.17, 15) is 0 Å². The monoisotopic (exact) mass is 368 g/mol. The van der Waals surface area contributed by atoms with Crippen molar-refractivity contribution < 1.29 is 4.74 Å². The molecule has 2 aromatic carbocycles. The summed E-state index contributed by atoms with van der Waals surface area (Å²) in [6.45, 7) is 11.3. The minimum atomic E-state index is -0.222. The number of rotatable bonds is 6. The first-order valence-electron chi connectivity index (χ1n) is 10.0. The van der Waals surface area contributed by atoms with Gasteiger partial charge >= 0.3 is 0 Å². The number of fused-ring (bicyclic) bond motifs is 1. The molecule has 1 aliphatic heterocycles. The van der Waals surface area contributed by atoms with E-state index in [1.807, 2.05) is 11.8 Å². The fraction of sp³-hybridized carbons (Fsp3) is 0.500. The van der Waals surface area contributed by atoms with Crippen LogP contribution in [0.5, 0.6) is 5.75 Å². The summed E-state index contributed by atoms with van der Waals surface area (Å²) >= 11 is 1.92. The Morgan fingerprint density at radius 3 is 2.50 bits per heavy atom. The second kappa shape index (κ2) is 8.08. The summed E-state index contributed by atoms with van der Waals surface area (Å²) in [6, 6.07) is 15.7. The largest absolute Gasteiger partial charge is 0.477 e. The average molecular weight is 369 g/mol. The number of hydrogen-bond donors (Lipinski definition) is 0. The summed E-state index contributed by atoms with van der Waals surface area (Å²) in [5.74, 6) is 1.65. The highest BCUT2D eigenvalue weighted by Crippen LogP contribution is 2.54. The molecule has 0 spiro atoms. The molecule has 0 aromatic heterocycles. The Morgan fingerprint density at radius 1 is 1.12 bits per heavy atom. The van der Waals surface area contributed by atoms with Gasteiger partial charge in [-0.05, 0) is 55.7 Å². The van der Waals surface area contributed by atoms with Crippen molar-refractivity contribution in [3.8, 4) is 5.75 Å². The lowest BCUT2D eigenvalue weighted by atomic mass is 9.89. The normalized spacial score (nSPS) is 19.5. The third-order valence-electron chi connectivity index (χ3n) is 5.30. The Kier molecular flexibility index (Phi) is 6.02. The van der Waals surface area contributed by atoms with E-state index in [0.717, 1.165) is 18.6 Å². The van der Waals surface area contributed by atoms with Gasteiger partial charge in [-0.2, -0.15) is 0 Å². The molecule has 0 aliphatic carbocycles. The summed E-state index contributed by atoms with van der Waals surface area (Å²) in [7, 11) is 0. The quantitative estimate of drug-likeness (QED) is 0.522. The molecule has 0 saturated heterocycles. The van der Waals surface area contributed by atoms with Crippen molar-refractivity contribution >= 4 is 11.8 Å². The van der Waals surface area contributed by atoms with Gasteiger partial charge < -0.3 is 4.74 Å². The van der Waals surface area contributed by atoms with Gasteiger partial charge in [-0.25, -0.2) is 0 Å². The highest BCUT2D eigenvalue weighted by molar-refractivity contribution is 8.00. The molecule has 1 heterocycles. The topological polar surface area (TPSA) is 9.23 Å². The molecule has 1 aliphatic rings. The third-order valence-corrected chi connectivity index (χ3v) is 6.72. The predicted octanol–water partition coefficient (Wildman–Crippen LogP) is 7.49. The van der Waals surface area contributed by atoms with E-state index in [-0.39, 0.29) is 4.93 Å². The van der Waals surface area contributed by atoms with E-state index in [1.165, 1.54) is 35.1 Å². The Morgan fingerprint density at radius 2 is 1.85 bits per heavy atom. The second-order valence-electron chi connectivity index (χ2n) is 7.93. The fourth-order valence-corrected chi connectivity index (χ4v) is 4.95. The van der Waals surface area contributed by atoms with E-state index < -0.39 is 0 Å². The van der Waals surface area contributed by atoms with E-state index in [2.05, 4.69) is 77.1 Å². The van der Waals surface area contributed by atoms with Crippen LogP contribution in [-0.4, -0.2) is 4.93 Å². The van der Waals surface area contributed by atoms with E-state index >= 15 is 0 Å². The van der Waals surface area contributed by atoms with Crippen molar-refractivity contribution in [2.45, 2.75) is 76.4 Å². The zero-order chi connectivity index (χ0) is 18.7. The van der Waals surface area contributed by atoms with Crippen molar-refractivity contribution in [1.29, 1.82) is 0 Å². The molecule has 1 nitrogen and oxygen atoms in total. The van der Waals surface area contributed by atoms with Crippen LogP contribution in [0.4, 0.5) is 0 Å². The molecular weight excluding hydrogens is 336 g/mol. The SMILES string of the molecule is CCCCc1cc(C(C)CC)c2c(c1)C(c1ccccc1)SC(C)(C)O2. The van der Waals surface area contributed by atoms with Crippen LogP contribution < -0.4 is 4.74 Å². The smallest absolute Gasteiger partial charge is 0.150 e. The van der Waals surface area contributed by atoms with Gasteiger partial charge in [-0.15, -0.1) is 11.8 Å². The van der Waals surface area contributed by atoms with Gasteiger partial charge in [-0.3, -0.25) is 0 Å². The van der Waals surface area contributed by atoms with Gasteiger partial charge in [0.25, 0.3) is 0 Å². The lowest BCUT2D eigenvalue weighted by Gasteiger charge is -2.39. The molecule has 2 aromatic rings. The van der Waals surface area contributed by atoms with Gasteiger partial charge in [0.15, 0.2) is 0 Å². The number of hydrogen-bond acceptors (Lipinski definition) is 2. The van der Waals surface area contributed by atoms with Gasteiger partial charge in [0.1, 0.15) is 10.7 Å². The van der Waals surface area contributed by atoms with Crippen LogP contribution in [0.3, 0.4) is 0 Å². The maximum Gasteiger partial charge on any atom is 0.150 e. The molecule has 2 heteroatoms. The van der Waals surface area contributed by atoms with Gasteiger partial charge in [0.05, 0.1) is 5.25 Å². The van der Waals surface area contributed by atoms with E-state index in [4.69, 9.17) is 4.74 Å². The fourth-order valence-electron chi connectivity index (χ4n) is 3.66. The molecule has 0 radical (unpaired) electrons. The summed E-state index contributed by atoms with van der Waals surface area (Å²) in [6.07, 6.45) is 4.77. The molecule has 0 N–H and O–H groups in total. The number of benzene rings is 2. The average Bonchev–Trinajstić information content (AvgIpc) is 2.65. The van der Waals surface area contributed by atoms with Crippen molar-refractivity contribution in [3.63, 3.8) is 0 Å². The first-order valence-corrected chi connectivity index (χ1v) is 10.9. The van der Waals surface area contributed by atoms with Gasteiger partial charge in [-0.1, -0.05) is 69.7 Å². The molecule has 26 heavy (non-hydrogen) atoms. The number of aryl methyl sites for hydroxylation is 1. The number of thioether (sulfide) groups is 1. The minimum Gasteiger partial charge on any atom is -0.477 e. The van der Waals surface area contributed by atoms with Crippen LogP contribution in [-0.2, 0) is 6.42 Å². The van der Waals surface area contributed by atoms with E-state index in [0.29, 0.717) is 11.2 Å². The van der Waals surface area contributed by atoms with Crippen molar-refractivity contribution in [1.82, 2.24) is 0 Å².